The number of amides is 2. The summed E-state index contributed by atoms with van der Waals surface area (Å²) in [5.74, 6) is -0.242. The second kappa shape index (κ2) is 8.79. The zero-order valence-electron chi connectivity index (χ0n) is 12.8. The molecular formula is C17H23ClN2O2. The molecule has 0 saturated carbocycles. The second-order valence-corrected chi connectivity index (χ2v) is 6.13. The monoisotopic (exact) mass is 322 g/mol. The van der Waals surface area contributed by atoms with Gasteiger partial charge in [0.25, 0.3) is 0 Å². The second-order valence-electron chi connectivity index (χ2n) is 5.70. The van der Waals surface area contributed by atoms with Crippen LogP contribution in [0.25, 0.3) is 0 Å². The molecule has 0 aliphatic carbocycles. The maximum absolute atomic E-state index is 12.1. The van der Waals surface area contributed by atoms with E-state index in [1.807, 2.05) is 29.2 Å². The molecule has 1 saturated heterocycles. The van der Waals surface area contributed by atoms with E-state index >= 15 is 0 Å². The van der Waals surface area contributed by atoms with Gasteiger partial charge >= 0.3 is 0 Å². The molecule has 2 rings (SSSR count). The van der Waals surface area contributed by atoms with Crippen LogP contribution in [0.2, 0.25) is 5.02 Å². The summed E-state index contributed by atoms with van der Waals surface area (Å²) >= 11 is 5.83. The fraction of sp³-hybridized carbons (Fsp3) is 0.529. The number of nitrogens with zero attached hydrogens (tertiary/aromatic N) is 1. The Bertz CT molecular complexity index is 494. The van der Waals surface area contributed by atoms with E-state index in [0.29, 0.717) is 11.6 Å². The standard InChI is InChI=1S/C17H23ClN2O2/c18-15-7-5-14(6-8-15)9-10-19-16(21)13-17(22)20-11-3-1-2-4-12-20/h5-8H,1-4,9-13H2,(H,19,21). The van der Waals surface area contributed by atoms with Crippen molar-refractivity contribution in [2.24, 2.45) is 0 Å². The van der Waals surface area contributed by atoms with E-state index in [0.717, 1.165) is 37.9 Å². The third kappa shape index (κ3) is 5.68. The summed E-state index contributed by atoms with van der Waals surface area (Å²) in [5, 5.41) is 3.52. The molecule has 2 amide bonds. The topological polar surface area (TPSA) is 49.4 Å². The molecular weight excluding hydrogens is 300 g/mol. The van der Waals surface area contributed by atoms with Crippen molar-refractivity contribution in [2.75, 3.05) is 19.6 Å². The molecule has 22 heavy (non-hydrogen) atoms. The van der Waals surface area contributed by atoms with Gasteiger partial charge in [0.1, 0.15) is 6.42 Å². The fourth-order valence-corrected chi connectivity index (χ4v) is 2.76. The lowest BCUT2D eigenvalue weighted by Gasteiger charge is -2.19. The molecule has 0 bridgehead atoms. The van der Waals surface area contributed by atoms with Crippen molar-refractivity contribution in [1.82, 2.24) is 10.2 Å². The van der Waals surface area contributed by atoms with Crippen molar-refractivity contribution in [3.63, 3.8) is 0 Å². The zero-order chi connectivity index (χ0) is 15.8. The van der Waals surface area contributed by atoms with Crippen molar-refractivity contribution in [1.29, 1.82) is 0 Å². The maximum Gasteiger partial charge on any atom is 0.232 e. The molecule has 0 spiro atoms. The van der Waals surface area contributed by atoms with E-state index in [-0.39, 0.29) is 18.2 Å². The fourth-order valence-electron chi connectivity index (χ4n) is 2.63. The number of hydrogen-bond acceptors (Lipinski definition) is 2. The minimum absolute atomic E-state index is 0.0411. The maximum atomic E-state index is 12.1. The van der Waals surface area contributed by atoms with Crippen molar-refractivity contribution in [3.8, 4) is 0 Å². The summed E-state index contributed by atoms with van der Waals surface area (Å²) in [7, 11) is 0. The molecule has 0 unspecified atom stereocenters. The number of benzene rings is 1. The Hall–Kier alpha value is -1.55. The highest BCUT2D eigenvalue weighted by molar-refractivity contribution is 6.30. The molecule has 120 valence electrons. The van der Waals surface area contributed by atoms with Crippen LogP contribution < -0.4 is 5.32 Å². The number of carbonyl (C=O) groups excluding carboxylic acids is 2. The average molecular weight is 323 g/mol. The van der Waals surface area contributed by atoms with Gasteiger partial charge in [0, 0.05) is 24.7 Å². The van der Waals surface area contributed by atoms with Crippen molar-refractivity contribution in [2.45, 2.75) is 38.5 Å². The average Bonchev–Trinajstić information content (AvgIpc) is 2.78. The molecule has 4 nitrogen and oxygen atoms in total. The molecule has 5 heteroatoms. The number of likely N-dealkylation sites (tertiary alicyclic amines) is 1. The Morgan fingerprint density at radius 2 is 1.68 bits per heavy atom. The molecule has 1 N–H and O–H groups in total. The van der Waals surface area contributed by atoms with Gasteiger partial charge in [-0.25, -0.2) is 0 Å². The number of rotatable bonds is 5. The largest absolute Gasteiger partial charge is 0.355 e. The minimum atomic E-state index is -0.191. The lowest BCUT2D eigenvalue weighted by Crippen LogP contribution is -2.36. The Kier molecular flexibility index (Phi) is 6.72. The summed E-state index contributed by atoms with van der Waals surface area (Å²) in [6, 6.07) is 7.55. The van der Waals surface area contributed by atoms with E-state index in [1.54, 1.807) is 0 Å². The Labute approximate surface area is 136 Å². The quantitative estimate of drug-likeness (QED) is 0.847. The summed E-state index contributed by atoms with van der Waals surface area (Å²) in [6.45, 7) is 2.11. The summed E-state index contributed by atoms with van der Waals surface area (Å²) in [5.41, 5.74) is 1.11. The number of nitrogens with one attached hydrogen (secondary N) is 1. The normalized spacial score (nSPS) is 15.2. The molecule has 1 aliphatic rings. The van der Waals surface area contributed by atoms with E-state index < -0.39 is 0 Å². The molecule has 0 radical (unpaired) electrons. The van der Waals surface area contributed by atoms with Crippen LogP contribution in [0.3, 0.4) is 0 Å². The SMILES string of the molecule is O=C(CC(=O)N1CCCCCC1)NCCc1ccc(Cl)cc1. The van der Waals surface area contributed by atoms with Crippen LogP contribution in [0.15, 0.2) is 24.3 Å². The van der Waals surface area contributed by atoms with Crippen LogP contribution in [0, 0.1) is 0 Å². The van der Waals surface area contributed by atoms with Crippen molar-refractivity contribution >= 4 is 23.4 Å². The molecule has 0 atom stereocenters. The van der Waals surface area contributed by atoms with Crippen molar-refractivity contribution < 1.29 is 9.59 Å². The first-order valence-corrected chi connectivity index (χ1v) is 8.32. The Balaban J connectivity index is 1.68. The molecule has 1 heterocycles. The third-order valence-electron chi connectivity index (χ3n) is 3.92. The van der Waals surface area contributed by atoms with Crippen LogP contribution in [0.4, 0.5) is 0 Å². The van der Waals surface area contributed by atoms with Gasteiger partial charge < -0.3 is 10.2 Å². The summed E-state index contributed by atoms with van der Waals surface area (Å²) in [6.07, 6.45) is 5.14. The first-order valence-electron chi connectivity index (χ1n) is 7.94. The molecule has 1 aromatic carbocycles. The first-order chi connectivity index (χ1) is 10.6. The summed E-state index contributed by atoms with van der Waals surface area (Å²) in [4.78, 5) is 25.8. The highest BCUT2D eigenvalue weighted by Crippen LogP contribution is 2.11. The van der Waals surface area contributed by atoms with E-state index in [9.17, 15) is 9.59 Å². The van der Waals surface area contributed by atoms with Crippen LogP contribution in [-0.2, 0) is 16.0 Å². The molecule has 1 aromatic rings. The Morgan fingerprint density at radius 1 is 1.05 bits per heavy atom. The van der Waals surface area contributed by atoms with Crippen LogP contribution >= 0.6 is 11.6 Å². The number of halogens is 1. The smallest absolute Gasteiger partial charge is 0.232 e. The highest BCUT2D eigenvalue weighted by Gasteiger charge is 2.18. The minimum Gasteiger partial charge on any atom is -0.355 e. The lowest BCUT2D eigenvalue weighted by atomic mass is 10.1. The molecule has 0 aromatic heterocycles. The van der Waals surface area contributed by atoms with Gasteiger partial charge in [0.15, 0.2) is 0 Å². The Morgan fingerprint density at radius 3 is 2.32 bits per heavy atom. The van der Waals surface area contributed by atoms with Gasteiger partial charge in [-0.2, -0.15) is 0 Å². The van der Waals surface area contributed by atoms with Crippen LogP contribution in [0.5, 0.6) is 0 Å². The van der Waals surface area contributed by atoms with E-state index in [2.05, 4.69) is 5.32 Å². The van der Waals surface area contributed by atoms with Crippen molar-refractivity contribution in [3.05, 3.63) is 34.9 Å². The van der Waals surface area contributed by atoms with Gasteiger partial charge in [0.05, 0.1) is 0 Å². The number of hydrogen-bond donors (Lipinski definition) is 1. The molecule has 1 aliphatic heterocycles. The number of carbonyl (C=O) groups is 2. The first kappa shape index (κ1) is 16.8. The lowest BCUT2D eigenvalue weighted by molar-refractivity contribution is -0.136. The van der Waals surface area contributed by atoms with Gasteiger partial charge in [-0.1, -0.05) is 36.6 Å². The van der Waals surface area contributed by atoms with Crippen LogP contribution in [0.1, 0.15) is 37.7 Å². The predicted molar refractivity (Wildman–Crippen MR) is 87.8 cm³/mol. The van der Waals surface area contributed by atoms with Gasteiger partial charge in [-0.3, -0.25) is 9.59 Å². The van der Waals surface area contributed by atoms with Gasteiger partial charge in [-0.05, 0) is 37.0 Å². The third-order valence-corrected chi connectivity index (χ3v) is 4.17. The summed E-state index contributed by atoms with van der Waals surface area (Å²) < 4.78 is 0. The zero-order valence-corrected chi connectivity index (χ0v) is 13.6. The predicted octanol–water partition coefficient (Wildman–Crippen LogP) is 2.79. The highest BCUT2D eigenvalue weighted by atomic mass is 35.5. The van der Waals surface area contributed by atoms with Gasteiger partial charge in [0.2, 0.25) is 11.8 Å². The van der Waals surface area contributed by atoms with Gasteiger partial charge in [-0.15, -0.1) is 0 Å². The molecule has 1 fully saturated rings. The van der Waals surface area contributed by atoms with E-state index in [4.69, 9.17) is 11.6 Å². The van der Waals surface area contributed by atoms with E-state index in [1.165, 1.54) is 12.8 Å². The van der Waals surface area contributed by atoms with Crippen LogP contribution in [-0.4, -0.2) is 36.3 Å².